The number of nitrogens with one attached hydrogen (secondary N) is 2. The van der Waals surface area contributed by atoms with E-state index < -0.39 is 29.5 Å². The van der Waals surface area contributed by atoms with Crippen molar-refractivity contribution in [2.75, 3.05) is 52.7 Å². The molecule has 0 atom stereocenters. The summed E-state index contributed by atoms with van der Waals surface area (Å²) < 4.78 is 31.9. The molecule has 0 unspecified atom stereocenters. The number of benzene rings is 4. The van der Waals surface area contributed by atoms with E-state index in [1.165, 1.54) is 0 Å². The first-order chi connectivity index (χ1) is 27.0. The molecule has 0 bridgehead atoms. The molecular weight excluding hydrogens is 716 g/mol. The zero-order chi connectivity index (χ0) is 40.3. The lowest BCUT2D eigenvalue weighted by Crippen LogP contribution is -2.29. The monoisotopic (exact) mass is 764 g/mol. The molecule has 12 nitrogen and oxygen atoms in total. The third-order valence-corrected chi connectivity index (χ3v) is 8.51. The van der Waals surface area contributed by atoms with E-state index in [1.54, 1.807) is 13.8 Å². The second-order valence-corrected chi connectivity index (χ2v) is 12.8. The maximum atomic E-state index is 12.0. The van der Waals surface area contributed by atoms with Gasteiger partial charge in [0, 0.05) is 16.6 Å². The Labute approximate surface area is 327 Å². The molecule has 2 amide bonds. The summed E-state index contributed by atoms with van der Waals surface area (Å²) in [6.45, 7) is 12.8. The Morgan fingerprint density at radius 3 is 1.27 bits per heavy atom. The highest BCUT2D eigenvalue weighted by Crippen LogP contribution is 2.40. The molecule has 0 fully saturated rings. The highest BCUT2D eigenvalue weighted by atomic mass is 16.6. The van der Waals surface area contributed by atoms with E-state index in [1.807, 2.05) is 66.7 Å². The van der Waals surface area contributed by atoms with Gasteiger partial charge in [-0.25, -0.2) is 19.2 Å². The highest BCUT2D eigenvalue weighted by molar-refractivity contribution is 5.87. The van der Waals surface area contributed by atoms with Gasteiger partial charge in [0.15, 0.2) is 0 Å². The minimum Gasteiger partial charge on any atom is -0.490 e. The summed E-state index contributed by atoms with van der Waals surface area (Å²) in [4.78, 5) is 46.8. The lowest BCUT2D eigenvalue weighted by Gasteiger charge is -2.32. The van der Waals surface area contributed by atoms with Gasteiger partial charge in [0.2, 0.25) is 0 Å². The van der Waals surface area contributed by atoms with Crippen LogP contribution in [-0.2, 0) is 34.0 Å². The molecule has 0 spiro atoms. The number of hydrogen-bond acceptors (Lipinski definition) is 10. The number of carbonyl (C=O) groups excluding carboxylic acids is 4. The molecule has 0 heterocycles. The van der Waals surface area contributed by atoms with Gasteiger partial charge in [0.1, 0.15) is 51.1 Å². The first kappa shape index (κ1) is 42.2. The number of alkyl carbamates (subject to hydrolysis) is 2. The number of rotatable bonds is 20. The second kappa shape index (κ2) is 21.4. The van der Waals surface area contributed by atoms with Gasteiger partial charge in [-0.15, -0.1) is 0 Å². The predicted octanol–water partition coefficient (Wildman–Crippen LogP) is 7.16. The van der Waals surface area contributed by atoms with Crippen LogP contribution in [0.15, 0.2) is 127 Å². The number of amides is 2. The number of ether oxygens (including phenoxy) is 6. The van der Waals surface area contributed by atoms with Gasteiger partial charge in [0.05, 0.1) is 13.1 Å². The molecule has 2 N–H and O–H groups in total. The zero-order valence-corrected chi connectivity index (χ0v) is 32.0. The quantitative estimate of drug-likeness (QED) is 0.0313. The summed E-state index contributed by atoms with van der Waals surface area (Å²) in [6, 6.07) is 34.3. The summed E-state index contributed by atoms with van der Waals surface area (Å²) in [7, 11) is 0. The van der Waals surface area contributed by atoms with E-state index in [0.29, 0.717) is 11.5 Å². The topological polar surface area (TPSA) is 148 Å². The first-order valence-corrected chi connectivity index (χ1v) is 18.1. The molecule has 12 heteroatoms. The Balaban J connectivity index is 1.36. The van der Waals surface area contributed by atoms with Crippen LogP contribution in [0.3, 0.4) is 0 Å². The van der Waals surface area contributed by atoms with E-state index >= 15 is 0 Å². The van der Waals surface area contributed by atoms with Gasteiger partial charge < -0.3 is 39.1 Å². The molecule has 0 aromatic heterocycles. The third kappa shape index (κ3) is 12.8. The van der Waals surface area contributed by atoms with Crippen molar-refractivity contribution in [2.24, 2.45) is 0 Å². The maximum Gasteiger partial charge on any atom is 0.407 e. The Kier molecular flexibility index (Phi) is 16.1. The fourth-order valence-electron chi connectivity index (χ4n) is 5.43. The van der Waals surface area contributed by atoms with Crippen LogP contribution in [0.2, 0.25) is 0 Å². The molecule has 4 aromatic rings. The van der Waals surface area contributed by atoms with Crippen LogP contribution in [0.25, 0.3) is 11.1 Å². The van der Waals surface area contributed by atoms with Gasteiger partial charge in [-0.05, 0) is 72.9 Å². The molecule has 4 rings (SSSR count). The van der Waals surface area contributed by atoms with Crippen molar-refractivity contribution < 1.29 is 47.6 Å². The van der Waals surface area contributed by atoms with Crippen LogP contribution in [0.5, 0.6) is 11.5 Å². The van der Waals surface area contributed by atoms with Crippen LogP contribution in [0, 0.1) is 0 Å². The number of esters is 2. The van der Waals surface area contributed by atoms with E-state index in [-0.39, 0.29) is 63.9 Å². The smallest absolute Gasteiger partial charge is 0.407 e. The lowest BCUT2D eigenvalue weighted by atomic mass is 9.71. The molecule has 0 aliphatic carbocycles. The van der Waals surface area contributed by atoms with Crippen molar-refractivity contribution >= 4 is 24.1 Å². The molecule has 4 aromatic carbocycles. The van der Waals surface area contributed by atoms with Gasteiger partial charge in [-0.2, -0.15) is 0 Å². The van der Waals surface area contributed by atoms with Crippen molar-refractivity contribution in [1.82, 2.24) is 10.6 Å². The van der Waals surface area contributed by atoms with Crippen molar-refractivity contribution in [3.8, 4) is 22.6 Å². The molecule has 56 heavy (non-hydrogen) atoms. The van der Waals surface area contributed by atoms with Crippen LogP contribution < -0.4 is 20.1 Å². The fraction of sp³-hybridized carbons (Fsp3) is 0.273. The van der Waals surface area contributed by atoms with Gasteiger partial charge in [-0.1, -0.05) is 92.0 Å². The lowest BCUT2D eigenvalue weighted by molar-refractivity contribution is -0.139. The van der Waals surface area contributed by atoms with Crippen molar-refractivity contribution in [1.29, 1.82) is 0 Å². The molecule has 0 aliphatic heterocycles. The minimum absolute atomic E-state index is 0.00938. The summed E-state index contributed by atoms with van der Waals surface area (Å²) in [5, 5.41) is 5.02. The second-order valence-electron chi connectivity index (χ2n) is 12.8. The van der Waals surface area contributed by atoms with E-state index in [2.05, 4.69) is 67.1 Å². The van der Waals surface area contributed by atoms with Gasteiger partial charge >= 0.3 is 24.1 Å². The summed E-state index contributed by atoms with van der Waals surface area (Å²) in [6.07, 6.45) is -1.29. The van der Waals surface area contributed by atoms with Crippen molar-refractivity contribution in [3.05, 3.63) is 144 Å². The summed E-state index contributed by atoms with van der Waals surface area (Å²) in [5.74, 6) is 0.174. The molecule has 0 saturated carbocycles. The van der Waals surface area contributed by atoms with Crippen molar-refractivity contribution in [3.63, 3.8) is 0 Å². The van der Waals surface area contributed by atoms with Crippen LogP contribution in [-0.4, -0.2) is 76.9 Å². The Hall–Kier alpha value is -6.56. The highest BCUT2D eigenvalue weighted by Gasteiger charge is 2.31. The van der Waals surface area contributed by atoms with E-state index in [0.717, 1.165) is 27.8 Å². The normalized spacial score (nSPS) is 10.7. The Morgan fingerprint density at radius 2 is 0.875 bits per heavy atom. The Bertz CT molecular complexity index is 1830. The number of carbonyl (C=O) groups is 4. The number of hydrogen-bond donors (Lipinski definition) is 2. The average Bonchev–Trinajstić information content (AvgIpc) is 3.21. The van der Waals surface area contributed by atoms with Crippen LogP contribution in [0.1, 0.15) is 37.5 Å². The molecule has 294 valence electrons. The zero-order valence-electron chi connectivity index (χ0n) is 32.0. The SMILES string of the molecule is C=C(C)C(=O)OCCNC(=O)OCCOc1ccc(C(C)(c2ccc(OCCOC(=O)NCCOC(=O)C(=C)C)cc2)c2ccc(-c3ccccc3)cc2)cc1. The fourth-order valence-corrected chi connectivity index (χ4v) is 5.43. The molecule has 0 saturated heterocycles. The summed E-state index contributed by atoms with van der Waals surface area (Å²) in [5.41, 5.74) is 5.32. The van der Waals surface area contributed by atoms with Crippen molar-refractivity contribution in [2.45, 2.75) is 26.2 Å². The van der Waals surface area contributed by atoms with Crippen LogP contribution in [0.4, 0.5) is 9.59 Å². The molecule has 0 aliphatic rings. The van der Waals surface area contributed by atoms with Gasteiger partial charge in [-0.3, -0.25) is 0 Å². The Morgan fingerprint density at radius 1 is 0.500 bits per heavy atom. The average molecular weight is 765 g/mol. The standard InChI is InChI=1S/C44H48N2O10/c1-31(2)40(47)53-25-23-45-42(49)55-29-27-51-38-19-15-36(16-20-38)44(5,35-13-11-34(12-14-35)33-9-7-6-8-10-33)37-17-21-39(22-18-37)52-28-30-56-43(50)46-24-26-54-41(48)32(3)4/h6-22H,1,3,23-30H2,2,4-5H3,(H,45,49)(H,46,50). The minimum atomic E-state index is -0.644. The third-order valence-electron chi connectivity index (χ3n) is 8.51. The molecule has 0 radical (unpaired) electrons. The van der Waals surface area contributed by atoms with Gasteiger partial charge in [0.25, 0.3) is 0 Å². The van der Waals surface area contributed by atoms with Crippen LogP contribution >= 0.6 is 0 Å². The maximum absolute atomic E-state index is 12.0. The predicted molar refractivity (Wildman–Crippen MR) is 212 cm³/mol. The summed E-state index contributed by atoms with van der Waals surface area (Å²) >= 11 is 0. The molecular formula is C44H48N2O10. The largest absolute Gasteiger partial charge is 0.490 e. The first-order valence-electron chi connectivity index (χ1n) is 18.1. The van der Waals surface area contributed by atoms with E-state index in [4.69, 9.17) is 28.4 Å². The van der Waals surface area contributed by atoms with E-state index in [9.17, 15) is 19.2 Å².